The van der Waals surface area contributed by atoms with Crippen LogP contribution in [0, 0.1) is 0 Å². The third kappa shape index (κ3) is 3.06. The number of fused-ring (bicyclic) bond motifs is 8. The minimum Gasteiger partial charge on any atom is -0.456 e. The summed E-state index contributed by atoms with van der Waals surface area (Å²) in [6.45, 7) is 4.37. The first-order chi connectivity index (χ1) is 19.8. The molecule has 192 valence electrons. The predicted octanol–water partition coefficient (Wildman–Crippen LogP) is 10.2. The number of hydrogen-bond donors (Lipinski definition) is 0. The van der Waals surface area contributed by atoms with E-state index in [0.717, 1.165) is 34.0 Å². The average Bonchev–Trinajstić information content (AvgIpc) is 3.65. The number of para-hydroxylation sites is 3. The van der Waals surface area contributed by atoms with Crippen LogP contribution < -0.4 is 0 Å². The zero-order valence-corrected chi connectivity index (χ0v) is 22.6. The molecule has 0 amide bonds. The lowest BCUT2D eigenvalue weighted by molar-refractivity contribution is 0.669. The molecule has 0 saturated heterocycles. The van der Waals surface area contributed by atoms with Crippen molar-refractivity contribution < 1.29 is 4.42 Å². The molecule has 0 aliphatic rings. The maximum absolute atomic E-state index is 6.33. The van der Waals surface area contributed by atoms with Crippen LogP contribution >= 0.6 is 0 Å². The van der Waals surface area contributed by atoms with Crippen molar-refractivity contribution >= 4 is 60.7 Å². The van der Waals surface area contributed by atoms with Crippen molar-refractivity contribution in [3.8, 4) is 11.4 Å². The second-order valence-electron chi connectivity index (χ2n) is 10.3. The quantitative estimate of drug-likeness (QED) is 0.228. The summed E-state index contributed by atoms with van der Waals surface area (Å²) in [5.74, 6) is 0. The number of hydrogen-bond acceptors (Lipinski definition) is 1. The van der Waals surface area contributed by atoms with Gasteiger partial charge < -0.3 is 13.6 Å². The van der Waals surface area contributed by atoms with Crippen LogP contribution in [0.2, 0.25) is 0 Å². The summed E-state index contributed by atoms with van der Waals surface area (Å²) in [6, 6.07) is 38.9. The molecule has 3 heterocycles. The molecule has 0 saturated carbocycles. The number of aryl methyl sites for hydroxylation is 1. The van der Waals surface area contributed by atoms with Gasteiger partial charge in [-0.1, -0.05) is 79.7 Å². The molecule has 0 bridgehead atoms. The van der Waals surface area contributed by atoms with E-state index in [-0.39, 0.29) is 0 Å². The first kappa shape index (κ1) is 22.9. The molecule has 40 heavy (non-hydrogen) atoms. The third-order valence-electron chi connectivity index (χ3n) is 8.22. The molecule has 8 aromatic rings. The number of allylic oxidation sites excluding steroid dienone is 1. The Morgan fingerprint density at radius 2 is 1.38 bits per heavy atom. The van der Waals surface area contributed by atoms with Crippen LogP contribution in [0.4, 0.5) is 0 Å². The first-order valence-corrected chi connectivity index (χ1v) is 14.0. The Hall–Kier alpha value is -5.02. The van der Waals surface area contributed by atoms with Crippen molar-refractivity contribution in [3.63, 3.8) is 0 Å². The first-order valence-electron chi connectivity index (χ1n) is 14.0. The summed E-state index contributed by atoms with van der Waals surface area (Å²) in [5, 5.41) is 6.11. The monoisotopic (exact) mass is 516 g/mol. The fourth-order valence-corrected chi connectivity index (χ4v) is 6.66. The van der Waals surface area contributed by atoms with Gasteiger partial charge in [-0.3, -0.25) is 0 Å². The minimum absolute atomic E-state index is 0.906. The van der Waals surface area contributed by atoms with Gasteiger partial charge >= 0.3 is 0 Å². The Labute approximate surface area is 232 Å². The zero-order valence-electron chi connectivity index (χ0n) is 22.6. The Balaban J connectivity index is 1.63. The molecule has 0 spiro atoms. The van der Waals surface area contributed by atoms with Crippen LogP contribution in [0.15, 0.2) is 120 Å². The van der Waals surface area contributed by atoms with Crippen LogP contribution in [0.1, 0.15) is 25.1 Å². The van der Waals surface area contributed by atoms with Gasteiger partial charge in [0, 0.05) is 32.9 Å². The van der Waals surface area contributed by atoms with E-state index in [9.17, 15) is 0 Å². The van der Waals surface area contributed by atoms with Gasteiger partial charge in [-0.15, -0.1) is 0 Å². The summed E-state index contributed by atoms with van der Waals surface area (Å²) >= 11 is 0. The second kappa shape index (κ2) is 8.75. The van der Waals surface area contributed by atoms with Crippen molar-refractivity contribution in [3.05, 3.63) is 127 Å². The van der Waals surface area contributed by atoms with Crippen molar-refractivity contribution in [1.82, 2.24) is 9.13 Å². The summed E-state index contributed by atoms with van der Waals surface area (Å²) < 4.78 is 11.2. The van der Waals surface area contributed by atoms with Gasteiger partial charge in [0.05, 0.1) is 27.6 Å². The predicted molar refractivity (Wildman–Crippen MR) is 169 cm³/mol. The molecule has 0 aliphatic carbocycles. The molecule has 0 unspecified atom stereocenters. The van der Waals surface area contributed by atoms with Gasteiger partial charge in [-0.25, -0.2) is 0 Å². The molecule has 0 radical (unpaired) electrons. The number of aromatic nitrogens is 2. The van der Waals surface area contributed by atoms with E-state index in [2.05, 4.69) is 138 Å². The summed E-state index contributed by atoms with van der Waals surface area (Å²) in [5.41, 5.74) is 10.4. The largest absolute Gasteiger partial charge is 0.456 e. The van der Waals surface area contributed by atoms with Gasteiger partial charge in [0.15, 0.2) is 0 Å². The molecule has 8 rings (SSSR count). The van der Waals surface area contributed by atoms with E-state index >= 15 is 0 Å². The number of rotatable bonds is 4. The SMILES string of the molecule is C/C=C\c1c(CC)c2c(ccc3c4ccccc4n(-c4cccc5oc6ccccc6c45)c32)n1-c1ccccc1. The lowest BCUT2D eigenvalue weighted by Gasteiger charge is -2.11. The molecule has 0 N–H and O–H groups in total. The van der Waals surface area contributed by atoms with Gasteiger partial charge in [-0.2, -0.15) is 0 Å². The maximum atomic E-state index is 6.33. The average molecular weight is 517 g/mol. The normalized spacial score (nSPS) is 12.2. The fourth-order valence-electron chi connectivity index (χ4n) is 6.66. The van der Waals surface area contributed by atoms with Crippen LogP contribution in [0.25, 0.3) is 72.1 Å². The van der Waals surface area contributed by atoms with Crippen molar-refractivity contribution in [2.75, 3.05) is 0 Å². The Bertz CT molecular complexity index is 2260. The molecule has 5 aromatic carbocycles. The molecule has 3 heteroatoms. The lowest BCUT2D eigenvalue weighted by atomic mass is 10.0. The number of benzene rings is 5. The topological polar surface area (TPSA) is 23.0 Å². The van der Waals surface area contributed by atoms with Gasteiger partial charge in [-0.05, 0) is 67.4 Å². The Morgan fingerprint density at radius 3 is 2.20 bits per heavy atom. The van der Waals surface area contributed by atoms with Gasteiger partial charge in [0.25, 0.3) is 0 Å². The van der Waals surface area contributed by atoms with Crippen LogP contribution in [-0.4, -0.2) is 9.13 Å². The third-order valence-corrected chi connectivity index (χ3v) is 8.22. The number of nitrogens with zero attached hydrogens (tertiary/aromatic N) is 2. The van der Waals surface area contributed by atoms with Crippen LogP contribution in [0.5, 0.6) is 0 Å². The smallest absolute Gasteiger partial charge is 0.137 e. The second-order valence-corrected chi connectivity index (χ2v) is 10.3. The lowest BCUT2D eigenvalue weighted by Crippen LogP contribution is -1.97. The highest BCUT2D eigenvalue weighted by Gasteiger charge is 2.24. The van der Waals surface area contributed by atoms with E-state index in [1.165, 1.54) is 49.7 Å². The zero-order chi connectivity index (χ0) is 26.8. The highest BCUT2D eigenvalue weighted by atomic mass is 16.3. The Kier molecular flexibility index (Phi) is 5.02. The van der Waals surface area contributed by atoms with E-state index in [4.69, 9.17) is 4.42 Å². The molecule has 3 nitrogen and oxygen atoms in total. The molecule has 0 aliphatic heterocycles. The van der Waals surface area contributed by atoms with E-state index in [1.54, 1.807) is 0 Å². The molecular formula is C37H28N2O. The standard InChI is InChI=1S/C37H28N2O/c1-3-13-29-25(4-2)36-32(38(29)24-14-6-5-7-15-24)23-22-27-26-16-8-10-18-30(26)39(37(27)36)31-19-12-21-34-35(31)28-17-9-11-20-33(28)40-34/h3,5-23H,4H2,1-2H3/b13-3-. The van der Waals surface area contributed by atoms with Crippen LogP contribution in [0.3, 0.4) is 0 Å². The minimum atomic E-state index is 0.906. The van der Waals surface area contributed by atoms with E-state index < -0.39 is 0 Å². The summed E-state index contributed by atoms with van der Waals surface area (Å²) in [6.07, 6.45) is 5.34. The Morgan fingerprint density at radius 1 is 0.625 bits per heavy atom. The fraction of sp³-hybridized carbons (Fsp3) is 0.0811. The highest BCUT2D eigenvalue weighted by Crippen LogP contribution is 2.43. The number of furan rings is 1. The van der Waals surface area contributed by atoms with Gasteiger partial charge in [0.2, 0.25) is 0 Å². The highest BCUT2D eigenvalue weighted by molar-refractivity contribution is 6.21. The van der Waals surface area contributed by atoms with Gasteiger partial charge in [0.1, 0.15) is 11.2 Å². The van der Waals surface area contributed by atoms with Crippen molar-refractivity contribution in [2.24, 2.45) is 0 Å². The molecule has 0 atom stereocenters. The molecule has 0 fully saturated rings. The van der Waals surface area contributed by atoms with Crippen molar-refractivity contribution in [1.29, 1.82) is 0 Å². The van der Waals surface area contributed by atoms with E-state index in [1.807, 2.05) is 6.07 Å². The summed E-state index contributed by atoms with van der Waals surface area (Å²) in [4.78, 5) is 0. The van der Waals surface area contributed by atoms with E-state index in [0.29, 0.717) is 0 Å². The maximum Gasteiger partial charge on any atom is 0.137 e. The van der Waals surface area contributed by atoms with Crippen molar-refractivity contribution in [2.45, 2.75) is 20.3 Å². The molecule has 3 aromatic heterocycles. The van der Waals surface area contributed by atoms with Crippen LogP contribution in [-0.2, 0) is 6.42 Å². The summed E-state index contributed by atoms with van der Waals surface area (Å²) in [7, 11) is 0. The molecular weight excluding hydrogens is 488 g/mol.